The molecule has 0 aliphatic rings. The number of halogens is 1. The van der Waals surface area contributed by atoms with Crippen LogP contribution in [0.4, 0.5) is 0 Å². The molecule has 0 radical (unpaired) electrons. The molecule has 18 heavy (non-hydrogen) atoms. The molecule has 0 aliphatic carbocycles. The van der Waals surface area contributed by atoms with Gasteiger partial charge in [-0.1, -0.05) is 17.7 Å². The van der Waals surface area contributed by atoms with Crippen LogP contribution in [0.25, 0.3) is 0 Å². The van der Waals surface area contributed by atoms with Gasteiger partial charge in [0.25, 0.3) is 5.56 Å². The average Bonchev–Trinajstić information content (AvgIpc) is 2.28. The van der Waals surface area contributed by atoms with Crippen molar-refractivity contribution < 1.29 is 8.42 Å². The molecule has 0 amide bonds. The molecule has 1 aromatic heterocycles. The zero-order valence-corrected chi connectivity index (χ0v) is 11.8. The Balaban J connectivity index is 3.30. The first-order valence-corrected chi connectivity index (χ1v) is 7.13. The van der Waals surface area contributed by atoms with Gasteiger partial charge in [0.05, 0.1) is 4.90 Å². The molecule has 1 heterocycles. The Bertz CT molecular complexity index is 593. The van der Waals surface area contributed by atoms with Crippen molar-refractivity contribution in [2.24, 2.45) is 0 Å². The van der Waals surface area contributed by atoms with E-state index in [1.165, 1.54) is 10.4 Å². The average molecular weight is 291 g/mol. The van der Waals surface area contributed by atoms with Crippen molar-refractivity contribution in [2.75, 3.05) is 6.54 Å². The third-order valence-corrected chi connectivity index (χ3v) is 4.62. The van der Waals surface area contributed by atoms with Crippen LogP contribution in [0.5, 0.6) is 0 Å². The molecule has 0 saturated heterocycles. The lowest BCUT2D eigenvalue weighted by atomic mass is 10.4. The molecule has 1 aromatic rings. The summed E-state index contributed by atoms with van der Waals surface area (Å²) in [5, 5.41) is -0.154. The van der Waals surface area contributed by atoms with Crippen LogP contribution < -0.4 is 5.56 Å². The summed E-state index contributed by atoms with van der Waals surface area (Å²) < 4.78 is 25.9. The molecule has 1 rings (SSSR count). The van der Waals surface area contributed by atoms with Gasteiger partial charge in [0, 0.05) is 18.8 Å². The largest absolute Gasteiger partial charge is 0.326 e. The topological polar surface area (TPSA) is 70.2 Å². The zero-order chi connectivity index (χ0) is 13.9. The van der Waals surface area contributed by atoms with E-state index in [9.17, 15) is 13.2 Å². The lowest BCUT2D eigenvalue weighted by molar-refractivity contribution is 0.382. The van der Waals surface area contributed by atoms with E-state index in [1.54, 1.807) is 13.8 Å². The van der Waals surface area contributed by atoms with Gasteiger partial charge in [-0.25, -0.2) is 8.42 Å². The minimum absolute atomic E-state index is 0.0392. The van der Waals surface area contributed by atoms with Crippen molar-refractivity contribution >= 4 is 21.6 Å². The van der Waals surface area contributed by atoms with Crippen LogP contribution in [-0.4, -0.2) is 30.3 Å². The summed E-state index contributed by atoms with van der Waals surface area (Å²) in [7, 11) is -3.69. The van der Waals surface area contributed by atoms with Gasteiger partial charge in [-0.05, 0) is 19.9 Å². The molecular formula is C11H15ClN2O3S. The third-order valence-electron chi connectivity index (χ3n) is 2.32. The normalized spacial score (nSPS) is 12.1. The van der Waals surface area contributed by atoms with Crippen LogP contribution in [0.15, 0.2) is 34.6 Å². The first-order chi connectivity index (χ1) is 8.30. The van der Waals surface area contributed by atoms with Crippen LogP contribution >= 0.6 is 11.6 Å². The van der Waals surface area contributed by atoms with E-state index in [1.807, 2.05) is 0 Å². The summed E-state index contributed by atoms with van der Waals surface area (Å²) in [5.41, 5.74) is -0.518. The molecule has 0 atom stereocenters. The summed E-state index contributed by atoms with van der Waals surface area (Å²) in [6.45, 7) is 7.24. The predicted octanol–water partition coefficient (Wildman–Crippen LogP) is 1.61. The monoisotopic (exact) mass is 290 g/mol. The molecule has 1 N–H and O–H groups in total. The Morgan fingerprint density at radius 2 is 2.17 bits per heavy atom. The molecule has 0 bridgehead atoms. The number of sulfonamides is 1. The fraction of sp³-hybridized carbons (Fsp3) is 0.364. The van der Waals surface area contributed by atoms with Crippen LogP contribution in [0.3, 0.4) is 0 Å². The maximum Gasteiger partial charge on any atom is 0.266 e. The van der Waals surface area contributed by atoms with Gasteiger partial charge in [-0.15, -0.1) is 6.58 Å². The first kappa shape index (κ1) is 14.9. The van der Waals surface area contributed by atoms with Crippen LogP contribution in [-0.2, 0) is 10.0 Å². The minimum atomic E-state index is -3.69. The highest BCUT2D eigenvalue weighted by Crippen LogP contribution is 2.18. The van der Waals surface area contributed by atoms with Crippen LogP contribution in [0.1, 0.15) is 13.8 Å². The minimum Gasteiger partial charge on any atom is -0.326 e. The van der Waals surface area contributed by atoms with Gasteiger partial charge in [0.2, 0.25) is 10.0 Å². The quantitative estimate of drug-likeness (QED) is 0.838. The first-order valence-electron chi connectivity index (χ1n) is 5.31. The number of hydrogen-bond donors (Lipinski definition) is 1. The zero-order valence-electron chi connectivity index (χ0n) is 10.2. The van der Waals surface area contributed by atoms with E-state index in [4.69, 9.17) is 11.6 Å². The molecule has 0 aromatic carbocycles. The van der Waals surface area contributed by atoms with Gasteiger partial charge in [-0.2, -0.15) is 4.31 Å². The fourth-order valence-electron chi connectivity index (χ4n) is 1.44. The van der Waals surface area contributed by atoms with E-state index < -0.39 is 15.6 Å². The number of nitrogens with one attached hydrogen (secondary N) is 1. The van der Waals surface area contributed by atoms with E-state index in [-0.39, 0.29) is 22.5 Å². The van der Waals surface area contributed by atoms with Crippen LogP contribution in [0.2, 0.25) is 5.02 Å². The summed E-state index contributed by atoms with van der Waals surface area (Å²) in [4.78, 5) is 13.4. The van der Waals surface area contributed by atoms with E-state index >= 15 is 0 Å². The second-order valence-corrected chi connectivity index (χ2v) is 6.27. The summed E-state index contributed by atoms with van der Waals surface area (Å²) in [6, 6.07) is 0.924. The molecule has 5 nitrogen and oxygen atoms in total. The Hall–Kier alpha value is -1.11. The summed E-state index contributed by atoms with van der Waals surface area (Å²) in [5.74, 6) is 0. The van der Waals surface area contributed by atoms with E-state index in [2.05, 4.69) is 11.6 Å². The number of aromatic nitrogens is 1. The Kier molecular flexibility index (Phi) is 4.72. The lowest BCUT2D eigenvalue weighted by Crippen LogP contribution is -2.37. The number of aromatic amines is 1. The molecular weight excluding hydrogens is 276 g/mol. The Morgan fingerprint density at radius 3 is 2.61 bits per heavy atom. The van der Waals surface area contributed by atoms with Crippen LogP contribution in [0, 0.1) is 0 Å². The Labute approximate surface area is 111 Å². The highest BCUT2D eigenvalue weighted by atomic mass is 35.5. The molecule has 0 aliphatic heterocycles. The molecule has 100 valence electrons. The molecule has 0 spiro atoms. The highest BCUT2D eigenvalue weighted by Gasteiger charge is 2.26. The van der Waals surface area contributed by atoms with Gasteiger partial charge in [-0.3, -0.25) is 4.79 Å². The van der Waals surface area contributed by atoms with Gasteiger partial charge in [0.1, 0.15) is 5.02 Å². The molecule has 0 fully saturated rings. The maximum atomic E-state index is 12.3. The summed E-state index contributed by atoms with van der Waals surface area (Å²) in [6.07, 6.45) is 2.65. The van der Waals surface area contributed by atoms with E-state index in [0.29, 0.717) is 0 Å². The van der Waals surface area contributed by atoms with Crippen molar-refractivity contribution in [3.8, 4) is 0 Å². The SMILES string of the molecule is C=CCN(C(C)C)S(=O)(=O)c1c[nH]c(=O)c(Cl)c1. The maximum absolute atomic E-state index is 12.3. The van der Waals surface area contributed by atoms with Crippen molar-refractivity contribution in [2.45, 2.75) is 24.8 Å². The fourth-order valence-corrected chi connectivity index (χ4v) is 3.27. The van der Waals surface area contributed by atoms with Crippen molar-refractivity contribution in [3.63, 3.8) is 0 Å². The molecule has 0 saturated carbocycles. The smallest absolute Gasteiger partial charge is 0.266 e. The van der Waals surface area contributed by atoms with E-state index in [0.717, 1.165) is 12.3 Å². The predicted molar refractivity (Wildman–Crippen MR) is 71.3 cm³/mol. The Morgan fingerprint density at radius 1 is 1.56 bits per heavy atom. The third kappa shape index (κ3) is 3.01. The van der Waals surface area contributed by atoms with Gasteiger partial charge < -0.3 is 4.98 Å². The highest BCUT2D eigenvalue weighted by molar-refractivity contribution is 7.89. The van der Waals surface area contributed by atoms with Crippen molar-refractivity contribution in [1.82, 2.24) is 9.29 Å². The second-order valence-electron chi connectivity index (χ2n) is 3.97. The van der Waals surface area contributed by atoms with Crippen molar-refractivity contribution in [3.05, 3.63) is 40.3 Å². The van der Waals surface area contributed by atoms with Gasteiger partial charge >= 0.3 is 0 Å². The van der Waals surface area contributed by atoms with Crippen molar-refractivity contribution in [1.29, 1.82) is 0 Å². The van der Waals surface area contributed by atoms with Gasteiger partial charge in [0.15, 0.2) is 0 Å². The molecule has 7 heteroatoms. The number of pyridine rings is 1. The second kappa shape index (κ2) is 5.69. The molecule has 0 unspecified atom stereocenters. The number of nitrogens with zero attached hydrogens (tertiary/aromatic N) is 1. The summed E-state index contributed by atoms with van der Waals surface area (Å²) >= 11 is 5.63. The number of rotatable bonds is 5. The number of hydrogen-bond acceptors (Lipinski definition) is 3. The standard InChI is InChI=1S/C11H15ClN2O3S/c1-4-5-14(8(2)3)18(16,17)9-6-10(12)11(15)13-7-9/h4,6-8H,1,5H2,2-3H3,(H,13,15). The lowest BCUT2D eigenvalue weighted by Gasteiger charge is -2.24. The number of H-pyrrole nitrogens is 1.